The number of hydrogen-bond acceptors (Lipinski definition) is 5. The summed E-state index contributed by atoms with van der Waals surface area (Å²) in [6.45, 7) is 2.17. The van der Waals surface area contributed by atoms with Crippen molar-refractivity contribution in [3.8, 4) is 10.8 Å². The number of nitrogens with one attached hydrogen (secondary N) is 1. The molecule has 0 aliphatic heterocycles. The van der Waals surface area contributed by atoms with Crippen LogP contribution in [0.4, 0.5) is 4.39 Å². The van der Waals surface area contributed by atoms with E-state index in [1.54, 1.807) is 17.4 Å². The Morgan fingerprint density at radius 2 is 2.07 bits per heavy atom. The molecule has 0 bridgehead atoms. The Labute approximate surface area is 160 Å². The van der Waals surface area contributed by atoms with Crippen molar-refractivity contribution in [3.63, 3.8) is 0 Å². The number of hydrogen-bond donors (Lipinski definition) is 1. The highest BCUT2D eigenvalue weighted by atomic mass is 32.1. The molecule has 1 aliphatic carbocycles. The molecule has 4 rings (SSSR count). The predicted octanol–water partition coefficient (Wildman–Crippen LogP) is 4.37. The molecule has 0 radical (unpaired) electrons. The summed E-state index contributed by atoms with van der Waals surface area (Å²) in [6.07, 6.45) is 3.33. The summed E-state index contributed by atoms with van der Waals surface area (Å²) in [6, 6.07) is 10.3. The van der Waals surface area contributed by atoms with Crippen LogP contribution in [0.25, 0.3) is 10.8 Å². The van der Waals surface area contributed by atoms with Crippen LogP contribution in [-0.4, -0.2) is 16.1 Å². The normalized spacial score (nSPS) is 15.8. The van der Waals surface area contributed by atoms with E-state index in [-0.39, 0.29) is 18.3 Å². The third-order valence-corrected chi connectivity index (χ3v) is 6.08. The average molecular weight is 385 g/mol. The summed E-state index contributed by atoms with van der Waals surface area (Å²) in [5.41, 5.74) is 0.0493. The van der Waals surface area contributed by atoms with E-state index in [9.17, 15) is 9.18 Å². The fourth-order valence-corrected chi connectivity index (χ4v) is 4.50. The molecular weight excluding hydrogens is 365 g/mol. The summed E-state index contributed by atoms with van der Waals surface area (Å²) in [5, 5.41) is 11.0. The van der Waals surface area contributed by atoms with E-state index in [1.165, 1.54) is 12.1 Å². The minimum atomic E-state index is -0.685. The van der Waals surface area contributed by atoms with Gasteiger partial charge in [0.05, 0.1) is 16.8 Å². The molecule has 0 unspecified atom stereocenters. The number of aryl methyl sites for hydroxylation is 1. The molecule has 0 atom stereocenters. The monoisotopic (exact) mass is 385 g/mol. The summed E-state index contributed by atoms with van der Waals surface area (Å²) in [5.74, 6) is 0.381. The van der Waals surface area contributed by atoms with Gasteiger partial charge in [0.15, 0.2) is 0 Å². The molecule has 7 heteroatoms. The molecule has 1 saturated carbocycles. The number of carbonyl (C=O) groups is 1. The third-order valence-electron chi connectivity index (χ3n) is 5.09. The SMILES string of the molecule is Cc1ccc(-c2nnc(CNC(=O)C3(c4cccc(F)c4)CCCC3)o2)s1. The lowest BCUT2D eigenvalue weighted by Gasteiger charge is -2.28. The van der Waals surface area contributed by atoms with E-state index in [0.29, 0.717) is 24.6 Å². The molecule has 1 aromatic carbocycles. The van der Waals surface area contributed by atoms with Gasteiger partial charge in [-0.05, 0) is 49.6 Å². The number of rotatable bonds is 5. The van der Waals surface area contributed by atoms with E-state index in [1.807, 2.05) is 25.1 Å². The molecule has 2 heterocycles. The van der Waals surface area contributed by atoms with Gasteiger partial charge in [-0.25, -0.2) is 4.39 Å². The van der Waals surface area contributed by atoms with Gasteiger partial charge in [-0.3, -0.25) is 4.79 Å². The smallest absolute Gasteiger partial charge is 0.257 e. The lowest BCUT2D eigenvalue weighted by Crippen LogP contribution is -2.42. The van der Waals surface area contributed by atoms with Gasteiger partial charge in [-0.2, -0.15) is 0 Å². The van der Waals surface area contributed by atoms with Gasteiger partial charge in [0, 0.05) is 4.88 Å². The van der Waals surface area contributed by atoms with Gasteiger partial charge in [0.1, 0.15) is 5.82 Å². The molecule has 0 spiro atoms. The van der Waals surface area contributed by atoms with Crippen molar-refractivity contribution in [2.75, 3.05) is 0 Å². The van der Waals surface area contributed by atoms with Crippen LogP contribution in [-0.2, 0) is 16.8 Å². The second kappa shape index (κ2) is 7.23. The van der Waals surface area contributed by atoms with Crippen LogP contribution >= 0.6 is 11.3 Å². The number of carbonyl (C=O) groups excluding carboxylic acids is 1. The largest absolute Gasteiger partial charge is 0.418 e. The Hall–Kier alpha value is -2.54. The van der Waals surface area contributed by atoms with Crippen LogP contribution in [0.15, 0.2) is 40.8 Å². The van der Waals surface area contributed by atoms with Crippen LogP contribution in [0.5, 0.6) is 0 Å². The molecule has 1 fully saturated rings. The maximum absolute atomic E-state index is 13.7. The molecule has 2 aromatic heterocycles. The van der Waals surface area contributed by atoms with Crippen LogP contribution in [0.2, 0.25) is 0 Å². The maximum atomic E-state index is 13.7. The zero-order chi connectivity index (χ0) is 18.9. The van der Waals surface area contributed by atoms with E-state index >= 15 is 0 Å². The number of halogens is 1. The molecular formula is C20H20FN3O2S. The van der Waals surface area contributed by atoms with Crippen molar-refractivity contribution in [2.45, 2.75) is 44.6 Å². The highest BCUT2D eigenvalue weighted by Crippen LogP contribution is 2.41. The van der Waals surface area contributed by atoms with Crippen molar-refractivity contribution in [3.05, 3.63) is 58.5 Å². The number of nitrogens with zero attached hydrogens (tertiary/aromatic N) is 2. The van der Waals surface area contributed by atoms with Crippen molar-refractivity contribution >= 4 is 17.2 Å². The van der Waals surface area contributed by atoms with Crippen LogP contribution in [0.1, 0.15) is 42.0 Å². The first-order valence-corrected chi connectivity index (χ1v) is 9.82. The van der Waals surface area contributed by atoms with Crippen LogP contribution in [0.3, 0.4) is 0 Å². The Balaban J connectivity index is 1.49. The molecule has 27 heavy (non-hydrogen) atoms. The van der Waals surface area contributed by atoms with Gasteiger partial charge < -0.3 is 9.73 Å². The van der Waals surface area contributed by atoms with E-state index in [0.717, 1.165) is 28.2 Å². The van der Waals surface area contributed by atoms with Gasteiger partial charge in [-0.15, -0.1) is 21.5 Å². The van der Waals surface area contributed by atoms with Crippen molar-refractivity contribution in [1.82, 2.24) is 15.5 Å². The first kappa shape index (κ1) is 17.9. The van der Waals surface area contributed by atoms with Gasteiger partial charge >= 0.3 is 0 Å². The topological polar surface area (TPSA) is 68.0 Å². The lowest BCUT2D eigenvalue weighted by atomic mass is 9.78. The van der Waals surface area contributed by atoms with Crippen molar-refractivity contribution < 1.29 is 13.6 Å². The molecule has 140 valence electrons. The Morgan fingerprint density at radius 3 is 2.78 bits per heavy atom. The minimum absolute atomic E-state index is 0.114. The fraction of sp³-hybridized carbons (Fsp3) is 0.350. The second-order valence-corrected chi connectivity index (χ2v) is 8.18. The van der Waals surface area contributed by atoms with Crippen LogP contribution in [0, 0.1) is 12.7 Å². The Bertz CT molecular complexity index is 960. The van der Waals surface area contributed by atoms with Gasteiger partial charge in [0.2, 0.25) is 11.8 Å². The molecule has 5 nitrogen and oxygen atoms in total. The van der Waals surface area contributed by atoms with Crippen molar-refractivity contribution in [2.24, 2.45) is 0 Å². The Morgan fingerprint density at radius 1 is 1.26 bits per heavy atom. The first-order valence-electron chi connectivity index (χ1n) is 9.00. The number of aromatic nitrogens is 2. The summed E-state index contributed by atoms with van der Waals surface area (Å²) < 4.78 is 19.4. The second-order valence-electron chi connectivity index (χ2n) is 6.89. The maximum Gasteiger partial charge on any atom is 0.257 e. The standard InChI is InChI=1S/C20H20FN3O2S/c1-13-7-8-16(27-13)18-24-23-17(26-18)12-22-19(25)20(9-2-3-10-20)14-5-4-6-15(21)11-14/h4-8,11H,2-3,9-10,12H2,1H3,(H,22,25). The zero-order valence-corrected chi connectivity index (χ0v) is 15.8. The molecule has 1 N–H and O–H groups in total. The molecule has 3 aromatic rings. The third kappa shape index (κ3) is 3.51. The predicted molar refractivity (Wildman–Crippen MR) is 101 cm³/mol. The fourth-order valence-electron chi connectivity index (χ4n) is 3.71. The van der Waals surface area contributed by atoms with E-state index in [2.05, 4.69) is 15.5 Å². The minimum Gasteiger partial charge on any atom is -0.418 e. The quantitative estimate of drug-likeness (QED) is 0.708. The first-order chi connectivity index (χ1) is 13.1. The zero-order valence-electron chi connectivity index (χ0n) is 15.0. The highest BCUT2D eigenvalue weighted by molar-refractivity contribution is 7.15. The number of thiophene rings is 1. The van der Waals surface area contributed by atoms with Gasteiger partial charge in [-0.1, -0.05) is 25.0 Å². The summed E-state index contributed by atoms with van der Waals surface area (Å²) >= 11 is 1.58. The van der Waals surface area contributed by atoms with E-state index < -0.39 is 5.41 Å². The lowest BCUT2D eigenvalue weighted by molar-refractivity contribution is -0.126. The highest BCUT2D eigenvalue weighted by Gasteiger charge is 2.42. The van der Waals surface area contributed by atoms with Gasteiger partial charge in [0.25, 0.3) is 5.89 Å². The molecule has 1 amide bonds. The number of benzene rings is 1. The Kier molecular flexibility index (Phi) is 4.78. The summed E-state index contributed by atoms with van der Waals surface area (Å²) in [7, 11) is 0. The molecule has 0 saturated heterocycles. The number of amides is 1. The summed E-state index contributed by atoms with van der Waals surface area (Å²) in [4.78, 5) is 15.1. The van der Waals surface area contributed by atoms with Crippen LogP contribution < -0.4 is 5.32 Å². The average Bonchev–Trinajstić information content (AvgIpc) is 3.40. The van der Waals surface area contributed by atoms with Crippen molar-refractivity contribution in [1.29, 1.82) is 0 Å². The molecule has 1 aliphatic rings. The van der Waals surface area contributed by atoms with E-state index in [4.69, 9.17) is 4.42 Å².